The van der Waals surface area contributed by atoms with E-state index in [1.165, 1.54) is 31.2 Å². The number of nitro groups is 1. The van der Waals surface area contributed by atoms with Crippen LogP contribution in [0.15, 0.2) is 72.8 Å². The van der Waals surface area contributed by atoms with Gasteiger partial charge in [0, 0.05) is 17.8 Å². The zero-order chi connectivity index (χ0) is 25.2. The molecule has 1 saturated heterocycles. The zero-order valence-corrected chi connectivity index (χ0v) is 19.0. The summed E-state index contributed by atoms with van der Waals surface area (Å²) in [7, 11) is 0. The topological polar surface area (TPSA) is 131 Å². The van der Waals surface area contributed by atoms with Gasteiger partial charge in [0.2, 0.25) is 5.91 Å². The van der Waals surface area contributed by atoms with Crippen molar-refractivity contribution in [1.82, 2.24) is 10.2 Å². The number of aryl methyl sites for hydroxylation is 1. The van der Waals surface area contributed by atoms with Crippen LogP contribution in [0.2, 0.25) is 0 Å². The van der Waals surface area contributed by atoms with E-state index in [1.54, 1.807) is 24.3 Å². The number of nitro benzene ring substituents is 1. The van der Waals surface area contributed by atoms with E-state index in [4.69, 9.17) is 4.74 Å². The molecule has 10 nitrogen and oxygen atoms in total. The molecule has 0 aromatic heterocycles. The summed E-state index contributed by atoms with van der Waals surface area (Å²) >= 11 is 0. The number of nitrogens with zero attached hydrogens (tertiary/aromatic N) is 2. The lowest BCUT2D eigenvalue weighted by Gasteiger charge is -2.22. The van der Waals surface area contributed by atoms with Crippen molar-refractivity contribution in [2.75, 3.05) is 11.9 Å². The summed E-state index contributed by atoms with van der Waals surface area (Å²) < 4.78 is 5.78. The number of nitrogens with one attached hydrogen (secondary N) is 2. The average molecular weight is 474 g/mol. The molecular weight excluding hydrogens is 452 g/mol. The first-order valence-corrected chi connectivity index (χ1v) is 10.7. The molecule has 35 heavy (non-hydrogen) atoms. The Balaban J connectivity index is 1.39. The van der Waals surface area contributed by atoms with Gasteiger partial charge in [0.1, 0.15) is 23.6 Å². The molecule has 0 spiro atoms. The maximum atomic E-state index is 13.0. The van der Waals surface area contributed by atoms with E-state index in [9.17, 15) is 24.5 Å². The van der Waals surface area contributed by atoms with E-state index in [2.05, 4.69) is 10.6 Å². The van der Waals surface area contributed by atoms with Crippen LogP contribution in [0.1, 0.15) is 18.1 Å². The summed E-state index contributed by atoms with van der Waals surface area (Å²) in [6, 6.07) is 18.9. The van der Waals surface area contributed by atoms with Crippen LogP contribution in [0.4, 0.5) is 16.2 Å². The molecule has 0 radical (unpaired) electrons. The van der Waals surface area contributed by atoms with Gasteiger partial charge < -0.3 is 15.4 Å². The van der Waals surface area contributed by atoms with Crippen molar-refractivity contribution in [3.8, 4) is 11.5 Å². The smallest absolute Gasteiger partial charge is 0.325 e. The first-order chi connectivity index (χ1) is 16.7. The van der Waals surface area contributed by atoms with Crippen LogP contribution in [-0.2, 0) is 15.1 Å². The maximum Gasteiger partial charge on any atom is 0.325 e. The van der Waals surface area contributed by atoms with Crippen molar-refractivity contribution in [3.05, 3.63) is 94.0 Å². The Bertz CT molecular complexity index is 1310. The summed E-state index contributed by atoms with van der Waals surface area (Å²) in [4.78, 5) is 49.1. The predicted octanol–water partition coefficient (Wildman–Crippen LogP) is 4.10. The van der Waals surface area contributed by atoms with Gasteiger partial charge in [0.15, 0.2) is 0 Å². The van der Waals surface area contributed by atoms with Crippen LogP contribution in [0.5, 0.6) is 11.5 Å². The van der Waals surface area contributed by atoms with Gasteiger partial charge in [-0.2, -0.15) is 0 Å². The van der Waals surface area contributed by atoms with E-state index in [1.807, 2.05) is 31.2 Å². The summed E-state index contributed by atoms with van der Waals surface area (Å²) in [6.45, 7) is 2.96. The number of rotatable bonds is 7. The van der Waals surface area contributed by atoms with E-state index >= 15 is 0 Å². The maximum absolute atomic E-state index is 13.0. The minimum Gasteiger partial charge on any atom is -0.457 e. The second-order valence-electron chi connectivity index (χ2n) is 8.24. The monoisotopic (exact) mass is 474 g/mol. The standard InChI is InChI=1S/C25H22N4O6/c1-16-4-3-5-21(14-16)35-20-12-8-18(9-13-20)26-22(30)15-28-23(31)25(2,27-24(28)32)17-6-10-19(11-7-17)29(33)34/h3-14H,15H2,1-2H3,(H,26,30)(H,27,32). The van der Waals surface area contributed by atoms with Gasteiger partial charge in [0.05, 0.1) is 4.92 Å². The second kappa shape index (κ2) is 9.26. The summed E-state index contributed by atoms with van der Waals surface area (Å²) in [6.07, 6.45) is 0. The fraction of sp³-hybridized carbons (Fsp3) is 0.160. The molecule has 2 N–H and O–H groups in total. The molecule has 178 valence electrons. The third-order valence-electron chi connectivity index (χ3n) is 5.60. The van der Waals surface area contributed by atoms with Crippen LogP contribution in [0, 0.1) is 17.0 Å². The lowest BCUT2D eigenvalue weighted by molar-refractivity contribution is -0.384. The molecule has 3 aromatic rings. The second-order valence-corrected chi connectivity index (χ2v) is 8.24. The molecule has 1 aliphatic heterocycles. The van der Waals surface area contributed by atoms with Crippen molar-refractivity contribution in [2.24, 2.45) is 0 Å². The Hall–Kier alpha value is -4.73. The number of benzene rings is 3. The van der Waals surface area contributed by atoms with Crippen LogP contribution >= 0.6 is 0 Å². The Morgan fingerprint density at radius 1 is 1.06 bits per heavy atom. The molecule has 1 aliphatic rings. The molecule has 1 heterocycles. The SMILES string of the molecule is Cc1cccc(Oc2ccc(NC(=O)CN3C(=O)NC(C)(c4ccc([N+](=O)[O-])cc4)C3=O)cc2)c1. The number of anilines is 1. The van der Waals surface area contributed by atoms with Crippen molar-refractivity contribution in [1.29, 1.82) is 0 Å². The predicted molar refractivity (Wildman–Crippen MR) is 127 cm³/mol. The largest absolute Gasteiger partial charge is 0.457 e. The van der Waals surface area contributed by atoms with Crippen LogP contribution in [0.3, 0.4) is 0 Å². The summed E-state index contributed by atoms with van der Waals surface area (Å²) in [5.41, 5.74) is 0.323. The van der Waals surface area contributed by atoms with Crippen molar-refractivity contribution in [3.63, 3.8) is 0 Å². The van der Waals surface area contributed by atoms with Crippen LogP contribution in [0.25, 0.3) is 0 Å². The highest BCUT2D eigenvalue weighted by atomic mass is 16.6. The van der Waals surface area contributed by atoms with E-state index in [0.717, 1.165) is 10.5 Å². The molecule has 0 aliphatic carbocycles. The molecule has 1 unspecified atom stereocenters. The lowest BCUT2D eigenvalue weighted by Crippen LogP contribution is -2.42. The lowest BCUT2D eigenvalue weighted by atomic mass is 9.92. The fourth-order valence-corrected chi connectivity index (χ4v) is 3.72. The Kier molecular flexibility index (Phi) is 6.20. The normalized spacial score (nSPS) is 17.1. The first-order valence-electron chi connectivity index (χ1n) is 10.7. The van der Waals surface area contributed by atoms with Crippen molar-refractivity contribution in [2.45, 2.75) is 19.4 Å². The Morgan fingerprint density at radius 2 is 1.74 bits per heavy atom. The number of carbonyl (C=O) groups excluding carboxylic acids is 3. The molecule has 1 fully saturated rings. The third-order valence-corrected chi connectivity index (χ3v) is 5.60. The van der Waals surface area contributed by atoms with Gasteiger partial charge in [0.25, 0.3) is 11.6 Å². The van der Waals surface area contributed by atoms with Crippen LogP contribution in [-0.4, -0.2) is 34.2 Å². The van der Waals surface area contributed by atoms with E-state index in [0.29, 0.717) is 22.7 Å². The number of non-ortho nitro benzene ring substituents is 1. The van der Waals surface area contributed by atoms with Gasteiger partial charge in [-0.05, 0) is 73.5 Å². The number of hydrogen-bond donors (Lipinski definition) is 2. The summed E-state index contributed by atoms with van der Waals surface area (Å²) in [5.74, 6) is 0.0835. The van der Waals surface area contributed by atoms with E-state index < -0.39 is 34.9 Å². The number of urea groups is 1. The Labute approximate surface area is 200 Å². The molecule has 4 amide bonds. The molecule has 3 aromatic carbocycles. The molecule has 0 bridgehead atoms. The quantitative estimate of drug-likeness (QED) is 0.301. The molecule has 0 saturated carbocycles. The highest BCUT2D eigenvalue weighted by Gasteiger charge is 2.49. The Morgan fingerprint density at radius 3 is 2.37 bits per heavy atom. The highest BCUT2D eigenvalue weighted by Crippen LogP contribution is 2.30. The number of amides is 4. The molecule has 10 heteroatoms. The number of carbonyl (C=O) groups is 3. The number of ether oxygens (including phenoxy) is 1. The van der Waals surface area contributed by atoms with E-state index in [-0.39, 0.29) is 5.69 Å². The third kappa shape index (κ3) is 4.96. The van der Waals surface area contributed by atoms with Crippen molar-refractivity contribution >= 4 is 29.2 Å². The van der Waals surface area contributed by atoms with Gasteiger partial charge in [-0.25, -0.2) is 4.79 Å². The number of hydrogen-bond acceptors (Lipinski definition) is 6. The minimum atomic E-state index is -1.44. The average Bonchev–Trinajstić information content (AvgIpc) is 3.04. The summed E-state index contributed by atoms with van der Waals surface area (Å²) in [5, 5.41) is 16.1. The fourth-order valence-electron chi connectivity index (χ4n) is 3.72. The van der Waals surface area contributed by atoms with Crippen LogP contribution < -0.4 is 15.4 Å². The van der Waals surface area contributed by atoms with Gasteiger partial charge in [-0.15, -0.1) is 0 Å². The zero-order valence-electron chi connectivity index (χ0n) is 19.0. The molecule has 4 rings (SSSR count). The first kappa shape index (κ1) is 23.4. The van der Waals surface area contributed by atoms with Gasteiger partial charge >= 0.3 is 6.03 Å². The molecular formula is C25H22N4O6. The van der Waals surface area contributed by atoms with Crippen molar-refractivity contribution < 1.29 is 24.0 Å². The van der Waals surface area contributed by atoms with Gasteiger partial charge in [-0.3, -0.25) is 24.6 Å². The highest BCUT2D eigenvalue weighted by molar-refractivity contribution is 6.10. The molecule has 1 atom stereocenters. The van der Waals surface area contributed by atoms with Gasteiger partial charge in [-0.1, -0.05) is 12.1 Å². The minimum absolute atomic E-state index is 0.138. The number of imide groups is 1.